The third kappa shape index (κ3) is 3.35. The Morgan fingerprint density at radius 2 is 2.25 bits per heavy atom. The van der Waals surface area contributed by atoms with Crippen LogP contribution in [0.3, 0.4) is 0 Å². The van der Waals surface area contributed by atoms with Crippen LogP contribution in [-0.4, -0.2) is 27.6 Å². The number of aliphatic hydroxyl groups excluding tert-OH is 1. The molecule has 0 saturated heterocycles. The van der Waals surface area contributed by atoms with E-state index in [1.54, 1.807) is 12.3 Å². The van der Waals surface area contributed by atoms with Crippen molar-refractivity contribution >= 4 is 5.65 Å². The molecule has 0 atom stereocenters. The number of fused-ring (bicyclic) bond motifs is 1. The number of aromatic nitrogens is 2. The Hall–Kier alpha value is -1.90. The molecule has 20 heavy (non-hydrogen) atoms. The predicted molar refractivity (Wildman–Crippen MR) is 77.1 cm³/mol. The molecule has 0 radical (unpaired) electrons. The Labute approximate surface area is 118 Å². The highest BCUT2D eigenvalue weighted by molar-refractivity contribution is 5.44. The van der Waals surface area contributed by atoms with E-state index < -0.39 is 0 Å². The minimum absolute atomic E-state index is 0.0626. The number of pyridine rings is 1. The maximum absolute atomic E-state index is 9.01. The standard InChI is InChI=1S/C15H20N4O/c1-15(2,5-6-20)11-17-8-13-9-18-14-4-3-12(7-16)10-19(13)14/h3-4,9-10,17,20H,5-6,8,11H2,1-2H3. The van der Waals surface area contributed by atoms with E-state index in [0.717, 1.165) is 24.3 Å². The molecule has 2 N–H and O–H groups in total. The van der Waals surface area contributed by atoms with Gasteiger partial charge in [-0.3, -0.25) is 0 Å². The second-order valence-corrected chi connectivity index (χ2v) is 5.75. The van der Waals surface area contributed by atoms with E-state index in [1.165, 1.54) is 0 Å². The quantitative estimate of drug-likeness (QED) is 0.839. The largest absolute Gasteiger partial charge is 0.396 e. The van der Waals surface area contributed by atoms with Crippen molar-refractivity contribution in [1.29, 1.82) is 5.26 Å². The van der Waals surface area contributed by atoms with Gasteiger partial charge >= 0.3 is 0 Å². The summed E-state index contributed by atoms with van der Waals surface area (Å²) in [5.74, 6) is 0. The Morgan fingerprint density at radius 3 is 2.95 bits per heavy atom. The summed E-state index contributed by atoms with van der Waals surface area (Å²) in [5.41, 5.74) is 2.55. The summed E-state index contributed by atoms with van der Waals surface area (Å²) in [7, 11) is 0. The molecule has 0 bridgehead atoms. The summed E-state index contributed by atoms with van der Waals surface area (Å²) < 4.78 is 1.94. The van der Waals surface area contributed by atoms with Crippen LogP contribution in [0.4, 0.5) is 0 Å². The zero-order valence-electron chi connectivity index (χ0n) is 11.9. The van der Waals surface area contributed by atoms with Crippen molar-refractivity contribution in [1.82, 2.24) is 14.7 Å². The summed E-state index contributed by atoms with van der Waals surface area (Å²) in [6.07, 6.45) is 4.40. The summed E-state index contributed by atoms with van der Waals surface area (Å²) in [6.45, 7) is 5.95. The molecule has 2 rings (SSSR count). The van der Waals surface area contributed by atoms with Gasteiger partial charge in [-0.25, -0.2) is 4.98 Å². The van der Waals surface area contributed by atoms with Gasteiger partial charge in [0.15, 0.2) is 0 Å². The first-order valence-corrected chi connectivity index (χ1v) is 6.73. The molecule has 0 amide bonds. The van der Waals surface area contributed by atoms with Crippen LogP contribution in [0.15, 0.2) is 24.5 Å². The van der Waals surface area contributed by atoms with Gasteiger partial charge in [-0.1, -0.05) is 13.8 Å². The third-order valence-electron chi connectivity index (χ3n) is 3.41. The summed E-state index contributed by atoms with van der Waals surface area (Å²) in [4.78, 5) is 4.32. The number of hydrogen-bond donors (Lipinski definition) is 2. The van der Waals surface area contributed by atoms with Crippen molar-refractivity contribution in [3.8, 4) is 6.07 Å². The van der Waals surface area contributed by atoms with E-state index in [4.69, 9.17) is 10.4 Å². The number of aliphatic hydroxyl groups is 1. The molecular formula is C15H20N4O. The van der Waals surface area contributed by atoms with Gasteiger partial charge in [-0.05, 0) is 24.0 Å². The zero-order valence-corrected chi connectivity index (χ0v) is 11.9. The fourth-order valence-corrected chi connectivity index (χ4v) is 2.15. The van der Waals surface area contributed by atoms with Gasteiger partial charge in [0.1, 0.15) is 11.7 Å². The molecule has 5 heteroatoms. The maximum Gasteiger partial charge on any atom is 0.137 e. The van der Waals surface area contributed by atoms with Gasteiger partial charge in [0.25, 0.3) is 0 Å². The lowest BCUT2D eigenvalue weighted by Gasteiger charge is -2.23. The van der Waals surface area contributed by atoms with Gasteiger partial charge in [-0.15, -0.1) is 0 Å². The summed E-state index contributed by atoms with van der Waals surface area (Å²) in [6, 6.07) is 5.75. The minimum Gasteiger partial charge on any atom is -0.396 e. The van der Waals surface area contributed by atoms with Gasteiger partial charge in [0.2, 0.25) is 0 Å². The Bertz CT molecular complexity index is 624. The van der Waals surface area contributed by atoms with Crippen LogP contribution in [0.2, 0.25) is 0 Å². The van der Waals surface area contributed by atoms with Crippen LogP contribution in [0.5, 0.6) is 0 Å². The first kappa shape index (κ1) is 14.5. The summed E-state index contributed by atoms with van der Waals surface area (Å²) in [5, 5.41) is 21.3. The van der Waals surface area contributed by atoms with Crippen LogP contribution in [0, 0.1) is 16.7 Å². The highest BCUT2D eigenvalue weighted by Crippen LogP contribution is 2.18. The normalized spacial score (nSPS) is 11.7. The molecule has 0 aliphatic rings. The SMILES string of the molecule is CC(C)(CCO)CNCc1cnc2ccc(C#N)cn12. The van der Waals surface area contributed by atoms with Crippen molar-refractivity contribution < 1.29 is 5.11 Å². The number of hydrogen-bond acceptors (Lipinski definition) is 4. The smallest absolute Gasteiger partial charge is 0.137 e. The molecule has 0 aliphatic carbocycles. The predicted octanol–water partition coefficient (Wildman–Crippen LogP) is 1.70. The molecule has 2 aromatic heterocycles. The number of nitrogens with zero attached hydrogens (tertiary/aromatic N) is 3. The molecular weight excluding hydrogens is 252 g/mol. The van der Waals surface area contributed by atoms with Crippen LogP contribution < -0.4 is 5.32 Å². The Balaban J connectivity index is 2.05. The van der Waals surface area contributed by atoms with E-state index in [0.29, 0.717) is 12.1 Å². The maximum atomic E-state index is 9.01. The zero-order chi connectivity index (χ0) is 14.6. The molecule has 0 saturated carbocycles. The molecule has 0 unspecified atom stereocenters. The Morgan fingerprint density at radius 1 is 1.45 bits per heavy atom. The Kier molecular flexibility index (Phi) is 4.38. The van der Waals surface area contributed by atoms with E-state index in [1.807, 2.05) is 16.7 Å². The van der Waals surface area contributed by atoms with Crippen LogP contribution >= 0.6 is 0 Å². The van der Waals surface area contributed by atoms with Crippen molar-refractivity contribution in [2.45, 2.75) is 26.8 Å². The van der Waals surface area contributed by atoms with Gasteiger partial charge in [0, 0.05) is 25.9 Å². The molecule has 2 heterocycles. The highest BCUT2D eigenvalue weighted by atomic mass is 16.3. The lowest BCUT2D eigenvalue weighted by Crippen LogP contribution is -2.30. The average Bonchev–Trinajstić information content (AvgIpc) is 2.81. The van der Waals surface area contributed by atoms with Crippen molar-refractivity contribution in [3.05, 3.63) is 35.8 Å². The minimum atomic E-state index is 0.0626. The van der Waals surface area contributed by atoms with Crippen LogP contribution in [0.25, 0.3) is 5.65 Å². The van der Waals surface area contributed by atoms with Crippen LogP contribution in [0.1, 0.15) is 31.5 Å². The molecule has 106 valence electrons. The molecule has 5 nitrogen and oxygen atoms in total. The molecule has 2 aromatic rings. The molecule has 0 aliphatic heterocycles. The first-order valence-electron chi connectivity index (χ1n) is 6.73. The van der Waals surface area contributed by atoms with Crippen LogP contribution in [-0.2, 0) is 6.54 Å². The van der Waals surface area contributed by atoms with E-state index in [-0.39, 0.29) is 12.0 Å². The fraction of sp³-hybridized carbons (Fsp3) is 0.467. The number of nitrogens with one attached hydrogen (secondary N) is 1. The number of rotatable bonds is 6. The second kappa shape index (κ2) is 6.04. The molecule has 0 aromatic carbocycles. The van der Waals surface area contributed by atoms with E-state index >= 15 is 0 Å². The molecule has 0 fully saturated rings. The first-order chi connectivity index (χ1) is 9.55. The lowest BCUT2D eigenvalue weighted by atomic mass is 9.90. The van der Waals surface area contributed by atoms with Crippen molar-refractivity contribution in [3.63, 3.8) is 0 Å². The average molecular weight is 272 g/mol. The van der Waals surface area contributed by atoms with Gasteiger partial charge < -0.3 is 14.8 Å². The second-order valence-electron chi connectivity index (χ2n) is 5.75. The van der Waals surface area contributed by atoms with E-state index in [2.05, 4.69) is 30.2 Å². The lowest BCUT2D eigenvalue weighted by molar-refractivity contribution is 0.207. The highest BCUT2D eigenvalue weighted by Gasteiger charge is 2.16. The number of nitriles is 1. The van der Waals surface area contributed by atoms with Crippen molar-refractivity contribution in [2.24, 2.45) is 5.41 Å². The van der Waals surface area contributed by atoms with E-state index in [9.17, 15) is 0 Å². The monoisotopic (exact) mass is 272 g/mol. The van der Waals surface area contributed by atoms with Gasteiger partial charge in [-0.2, -0.15) is 5.26 Å². The third-order valence-corrected chi connectivity index (χ3v) is 3.41. The summed E-state index contributed by atoms with van der Waals surface area (Å²) >= 11 is 0. The van der Waals surface area contributed by atoms with Crippen molar-refractivity contribution in [2.75, 3.05) is 13.2 Å². The van der Waals surface area contributed by atoms with Gasteiger partial charge in [0.05, 0.1) is 17.5 Å². The fourth-order valence-electron chi connectivity index (χ4n) is 2.15. The molecule has 0 spiro atoms. The topological polar surface area (TPSA) is 73.3 Å². The number of imidazole rings is 1.